The van der Waals surface area contributed by atoms with Crippen molar-refractivity contribution in [3.63, 3.8) is 0 Å². The number of likely N-dealkylation sites (tertiary alicyclic amines) is 1. The number of nitrogens with one attached hydrogen (secondary N) is 1. The minimum absolute atomic E-state index is 0.190. The van der Waals surface area contributed by atoms with E-state index in [0.717, 1.165) is 16.6 Å². The Balaban J connectivity index is 1.73. The van der Waals surface area contributed by atoms with E-state index >= 15 is 0 Å². The third-order valence-electron chi connectivity index (χ3n) is 4.01. The van der Waals surface area contributed by atoms with Gasteiger partial charge in [0, 0.05) is 17.1 Å². The maximum atomic E-state index is 13.0. The van der Waals surface area contributed by atoms with Gasteiger partial charge in [-0.3, -0.25) is 0 Å². The van der Waals surface area contributed by atoms with Crippen LogP contribution in [0.4, 0.5) is 4.39 Å². The van der Waals surface area contributed by atoms with Crippen LogP contribution in [0.5, 0.6) is 0 Å². The maximum absolute atomic E-state index is 13.0. The molecule has 1 aliphatic rings. The van der Waals surface area contributed by atoms with Crippen LogP contribution in [0, 0.1) is 5.82 Å². The number of piperidine rings is 1. The van der Waals surface area contributed by atoms with Gasteiger partial charge in [0.05, 0.1) is 0 Å². The predicted octanol–water partition coefficient (Wildman–Crippen LogP) is 3.94. The second kappa shape index (κ2) is 8.11. The summed E-state index contributed by atoms with van der Waals surface area (Å²) >= 11 is 3.42. The van der Waals surface area contributed by atoms with Crippen LogP contribution in [0.25, 0.3) is 0 Å². The van der Waals surface area contributed by atoms with Gasteiger partial charge < -0.3 is 10.2 Å². The molecule has 1 aromatic carbocycles. The van der Waals surface area contributed by atoms with Gasteiger partial charge in [-0.25, -0.2) is 4.39 Å². The van der Waals surface area contributed by atoms with Gasteiger partial charge in [0.15, 0.2) is 0 Å². The van der Waals surface area contributed by atoms with E-state index in [1.54, 1.807) is 0 Å². The van der Waals surface area contributed by atoms with Gasteiger partial charge in [0.1, 0.15) is 5.82 Å². The summed E-state index contributed by atoms with van der Waals surface area (Å²) in [5.74, 6) is -0.190. The third-order valence-corrected chi connectivity index (χ3v) is 4.75. The minimum atomic E-state index is -0.190. The van der Waals surface area contributed by atoms with E-state index in [0.29, 0.717) is 6.04 Å². The van der Waals surface area contributed by atoms with E-state index in [1.807, 2.05) is 6.07 Å². The molecule has 0 spiro atoms. The third kappa shape index (κ3) is 4.83. The van der Waals surface area contributed by atoms with Gasteiger partial charge in [0.2, 0.25) is 0 Å². The first-order chi connectivity index (χ1) is 9.69. The normalized spacial score (nSPS) is 17.6. The Morgan fingerprint density at radius 2 is 2.10 bits per heavy atom. The molecule has 0 atom stereocenters. The molecule has 1 saturated heterocycles. The zero-order valence-corrected chi connectivity index (χ0v) is 13.8. The molecule has 1 aliphatic heterocycles. The first-order valence-electron chi connectivity index (χ1n) is 7.58. The highest BCUT2D eigenvalue weighted by atomic mass is 79.9. The van der Waals surface area contributed by atoms with Crippen LogP contribution in [-0.2, 0) is 6.54 Å². The van der Waals surface area contributed by atoms with Crippen molar-refractivity contribution in [2.45, 2.75) is 45.2 Å². The standard InChI is InChI=1S/C16H24BrFN2/c1-2-3-8-20-9-6-15(7-10-20)19-12-13-4-5-14(18)11-16(13)17/h4-5,11,15,19H,2-3,6-10,12H2,1H3. The van der Waals surface area contributed by atoms with Crippen molar-refractivity contribution >= 4 is 15.9 Å². The Hall–Kier alpha value is -0.450. The van der Waals surface area contributed by atoms with Gasteiger partial charge in [-0.15, -0.1) is 0 Å². The van der Waals surface area contributed by atoms with Gasteiger partial charge in [-0.2, -0.15) is 0 Å². The maximum Gasteiger partial charge on any atom is 0.124 e. The predicted molar refractivity (Wildman–Crippen MR) is 85.3 cm³/mol. The summed E-state index contributed by atoms with van der Waals surface area (Å²) in [5.41, 5.74) is 1.12. The van der Waals surface area contributed by atoms with E-state index < -0.39 is 0 Å². The number of halogens is 2. The van der Waals surface area contributed by atoms with E-state index in [2.05, 4.69) is 33.1 Å². The quantitative estimate of drug-likeness (QED) is 0.842. The fourth-order valence-corrected chi connectivity index (χ4v) is 3.15. The zero-order valence-electron chi connectivity index (χ0n) is 12.2. The van der Waals surface area contributed by atoms with Gasteiger partial charge in [-0.05, 0) is 56.6 Å². The van der Waals surface area contributed by atoms with E-state index in [9.17, 15) is 4.39 Å². The van der Waals surface area contributed by atoms with E-state index in [4.69, 9.17) is 0 Å². The SMILES string of the molecule is CCCCN1CCC(NCc2ccc(F)cc2Br)CC1. The van der Waals surface area contributed by atoms with E-state index in [1.165, 1.54) is 57.5 Å². The number of benzene rings is 1. The molecule has 112 valence electrons. The monoisotopic (exact) mass is 342 g/mol. The molecular weight excluding hydrogens is 319 g/mol. The molecule has 2 rings (SSSR count). The highest BCUT2D eigenvalue weighted by molar-refractivity contribution is 9.10. The Kier molecular flexibility index (Phi) is 6.46. The molecule has 1 fully saturated rings. The molecule has 0 bridgehead atoms. The summed E-state index contributed by atoms with van der Waals surface area (Å²) in [6, 6.07) is 5.49. The highest BCUT2D eigenvalue weighted by Crippen LogP contribution is 2.19. The van der Waals surface area contributed by atoms with Crippen LogP contribution in [0.3, 0.4) is 0 Å². The van der Waals surface area contributed by atoms with Crippen molar-refractivity contribution in [2.24, 2.45) is 0 Å². The average molecular weight is 343 g/mol. The van der Waals surface area contributed by atoms with Crippen molar-refractivity contribution in [2.75, 3.05) is 19.6 Å². The molecule has 1 heterocycles. The first-order valence-corrected chi connectivity index (χ1v) is 8.38. The lowest BCUT2D eigenvalue weighted by Crippen LogP contribution is -2.42. The first kappa shape index (κ1) is 15.9. The molecule has 0 amide bonds. The van der Waals surface area contributed by atoms with Crippen LogP contribution in [0.2, 0.25) is 0 Å². The lowest BCUT2D eigenvalue weighted by atomic mass is 10.0. The summed E-state index contributed by atoms with van der Waals surface area (Å²) in [4.78, 5) is 2.56. The topological polar surface area (TPSA) is 15.3 Å². The molecule has 0 saturated carbocycles. The molecule has 4 heteroatoms. The number of nitrogens with zero attached hydrogens (tertiary/aromatic N) is 1. The molecule has 1 aromatic rings. The molecule has 1 N–H and O–H groups in total. The summed E-state index contributed by atoms with van der Waals surface area (Å²) in [5, 5.41) is 3.60. The lowest BCUT2D eigenvalue weighted by molar-refractivity contribution is 0.195. The van der Waals surface area contributed by atoms with Crippen molar-refractivity contribution in [1.29, 1.82) is 0 Å². The summed E-state index contributed by atoms with van der Waals surface area (Å²) in [6.07, 6.45) is 5.00. The minimum Gasteiger partial charge on any atom is -0.310 e. The van der Waals surface area contributed by atoms with Crippen molar-refractivity contribution in [3.8, 4) is 0 Å². The molecule has 0 radical (unpaired) electrons. The second-order valence-electron chi connectivity index (χ2n) is 5.59. The largest absolute Gasteiger partial charge is 0.310 e. The molecular formula is C16H24BrFN2. The average Bonchev–Trinajstić information content (AvgIpc) is 2.45. The number of rotatable bonds is 6. The lowest BCUT2D eigenvalue weighted by Gasteiger charge is -2.32. The number of hydrogen-bond acceptors (Lipinski definition) is 2. The zero-order chi connectivity index (χ0) is 14.4. The Labute approximate surface area is 129 Å². The molecule has 20 heavy (non-hydrogen) atoms. The van der Waals surface area contributed by atoms with Crippen LogP contribution in [-0.4, -0.2) is 30.6 Å². The summed E-state index contributed by atoms with van der Waals surface area (Å²) in [6.45, 7) is 6.69. The van der Waals surface area contributed by atoms with Crippen molar-refractivity contribution in [3.05, 3.63) is 34.1 Å². The fraction of sp³-hybridized carbons (Fsp3) is 0.625. The molecule has 0 aliphatic carbocycles. The van der Waals surface area contributed by atoms with Crippen LogP contribution < -0.4 is 5.32 Å². The van der Waals surface area contributed by atoms with Crippen molar-refractivity contribution < 1.29 is 4.39 Å². The Morgan fingerprint density at radius 1 is 1.35 bits per heavy atom. The summed E-state index contributed by atoms with van der Waals surface area (Å²) < 4.78 is 13.9. The van der Waals surface area contributed by atoms with Gasteiger partial charge >= 0.3 is 0 Å². The van der Waals surface area contributed by atoms with Crippen LogP contribution >= 0.6 is 15.9 Å². The number of unbranched alkanes of at least 4 members (excludes halogenated alkanes) is 1. The highest BCUT2D eigenvalue weighted by Gasteiger charge is 2.18. The van der Waals surface area contributed by atoms with E-state index in [-0.39, 0.29) is 5.82 Å². The Morgan fingerprint density at radius 3 is 2.75 bits per heavy atom. The number of hydrogen-bond donors (Lipinski definition) is 1. The van der Waals surface area contributed by atoms with Gasteiger partial charge in [-0.1, -0.05) is 35.3 Å². The molecule has 2 nitrogen and oxygen atoms in total. The van der Waals surface area contributed by atoms with Crippen LogP contribution in [0.1, 0.15) is 38.2 Å². The fourth-order valence-electron chi connectivity index (χ4n) is 2.66. The smallest absolute Gasteiger partial charge is 0.124 e. The molecule has 0 aromatic heterocycles. The van der Waals surface area contributed by atoms with Gasteiger partial charge in [0.25, 0.3) is 0 Å². The van der Waals surface area contributed by atoms with Crippen LogP contribution in [0.15, 0.2) is 22.7 Å². The molecule has 0 unspecified atom stereocenters. The second-order valence-corrected chi connectivity index (χ2v) is 6.44. The summed E-state index contributed by atoms with van der Waals surface area (Å²) in [7, 11) is 0. The Bertz CT molecular complexity index is 417. The van der Waals surface area contributed by atoms with Crippen molar-refractivity contribution in [1.82, 2.24) is 10.2 Å².